The van der Waals surface area contributed by atoms with Crippen LogP contribution in [0.5, 0.6) is 0 Å². The van der Waals surface area contributed by atoms with Gasteiger partial charge in [-0.2, -0.15) is 13.2 Å². The lowest BCUT2D eigenvalue weighted by molar-refractivity contribution is -0.137. The summed E-state index contributed by atoms with van der Waals surface area (Å²) in [5, 5.41) is 0. The second kappa shape index (κ2) is 9.43. The van der Waals surface area contributed by atoms with E-state index in [2.05, 4.69) is 30.7 Å². The molecule has 5 rings (SSSR count). The Morgan fingerprint density at radius 3 is 2.38 bits per heavy atom. The van der Waals surface area contributed by atoms with Crippen molar-refractivity contribution in [2.24, 2.45) is 10.9 Å². The van der Waals surface area contributed by atoms with Gasteiger partial charge < -0.3 is 0 Å². The maximum atomic E-state index is 13.5. The molecule has 2 aromatic carbocycles. The molecule has 0 aliphatic carbocycles. The molecule has 2 aliphatic rings. The number of aromatic nitrogens is 2. The predicted molar refractivity (Wildman–Crippen MR) is 135 cm³/mol. The van der Waals surface area contributed by atoms with Crippen molar-refractivity contribution in [3.8, 4) is 11.8 Å². The minimum atomic E-state index is -4.41. The van der Waals surface area contributed by atoms with Gasteiger partial charge in [0.25, 0.3) is 5.91 Å². The fourth-order valence-corrected chi connectivity index (χ4v) is 4.53. The van der Waals surface area contributed by atoms with E-state index in [0.717, 1.165) is 17.7 Å². The second-order valence-electron chi connectivity index (χ2n) is 9.40. The van der Waals surface area contributed by atoms with Crippen molar-refractivity contribution in [2.45, 2.75) is 39.5 Å². The zero-order valence-electron chi connectivity index (χ0n) is 20.8. The molecule has 3 aromatic rings. The summed E-state index contributed by atoms with van der Waals surface area (Å²) in [7, 11) is 0. The van der Waals surface area contributed by atoms with Crippen molar-refractivity contribution >= 4 is 17.7 Å². The molecule has 190 valence electrons. The molecule has 9 heteroatoms. The topological polar surface area (TPSA) is 53.7 Å². The Hall–Kier alpha value is -4.06. The molecule has 0 saturated carbocycles. The van der Waals surface area contributed by atoms with Crippen LogP contribution in [0.15, 0.2) is 59.6 Å². The van der Waals surface area contributed by atoms with Crippen LogP contribution in [0, 0.1) is 17.8 Å². The molecule has 0 saturated heterocycles. The minimum Gasteiger partial charge on any atom is -0.299 e. The number of nitrogens with zero attached hydrogens (tertiary/aromatic N) is 5. The van der Waals surface area contributed by atoms with Crippen LogP contribution in [-0.4, -0.2) is 45.4 Å². The zero-order chi connectivity index (χ0) is 26.3. The van der Waals surface area contributed by atoms with Crippen molar-refractivity contribution in [2.75, 3.05) is 18.0 Å². The molecule has 6 nitrogen and oxygen atoms in total. The van der Waals surface area contributed by atoms with Crippen molar-refractivity contribution in [3.05, 3.63) is 82.8 Å². The third-order valence-electron chi connectivity index (χ3n) is 6.58. The molecular formula is C28H26F3N5O. The van der Waals surface area contributed by atoms with Gasteiger partial charge in [0.05, 0.1) is 24.7 Å². The second-order valence-corrected chi connectivity index (χ2v) is 9.40. The Morgan fingerprint density at radius 1 is 1.05 bits per heavy atom. The number of halogens is 3. The molecule has 0 fully saturated rings. The average Bonchev–Trinajstić information content (AvgIpc) is 3.46. The maximum Gasteiger partial charge on any atom is 0.416 e. The van der Waals surface area contributed by atoms with Gasteiger partial charge in [-0.1, -0.05) is 50.1 Å². The molecular weight excluding hydrogens is 479 g/mol. The van der Waals surface area contributed by atoms with Crippen molar-refractivity contribution < 1.29 is 18.0 Å². The monoisotopic (exact) mass is 505 g/mol. The van der Waals surface area contributed by atoms with Crippen LogP contribution in [0.3, 0.4) is 0 Å². The smallest absolute Gasteiger partial charge is 0.299 e. The zero-order valence-corrected chi connectivity index (χ0v) is 20.8. The largest absolute Gasteiger partial charge is 0.416 e. The molecule has 0 spiro atoms. The van der Waals surface area contributed by atoms with Gasteiger partial charge in [0.15, 0.2) is 11.5 Å². The first-order valence-corrected chi connectivity index (χ1v) is 12.2. The van der Waals surface area contributed by atoms with Crippen LogP contribution >= 0.6 is 0 Å². The summed E-state index contributed by atoms with van der Waals surface area (Å²) < 4.78 is 40.7. The SMILES string of the molecule is CCN1C(=O)c2nc(C#Cc3ccc(C(F)(F)F)cc3)n(Cc3ccccc3)c2N2C[C@@H](C(C)C)N=C12. The molecule has 1 atom stereocenters. The summed E-state index contributed by atoms with van der Waals surface area (Å²) in [5.74, 6) is 7.64. The van der Waals surface area contributed by atoms with E-state index in [4.69, 9.17) is 4.99 Å². The number of anilines is 1. The van der Waals surface area contributed by atoms with Gasteiger partial charge >= 0.3 is 6.18 Å². The highest BCUT2D eigenvalue weighted by Gasteiger charge is 2.43. The van der Waals surface area contributed by atoms with E-state index in [0.29, 0.717) is 54.4 Å². The molecule has 3 heterocycles. The van der Waals surface area contributed by atoms with Crippen LogP contribution in [0.25, 0.3) is 0 Å². The number of aliphatic imine (C=N–C) groups is 1. The van der Waals surface area contributed by atoms with Crippen LogP contribution < -0.4 is 4.90 Å². The molecule has 0 radical (unpaired) electrons. The van der Waals surface area contributed by atoms with E-state index in [-0.39, 0.29) is 11.9 Å². The quantitative estimate of drug-likeness (QED) is 0.468. The van der Waals surface area contributed by atoms with Gasteiger partial charge in [0.2, 0.25) is 5.96 Å². The third-order valence-corrected chi connectivity index (χ3v) is 6.58. The number of alkyl halides is 3. The van der Waals surface area contributed by atoms with Gasteiger partial charge in [-0.15, -0.1) is 0 Å². The van der Waals surface area contributed by atoms with Crippen LogP contribution in [0.2, 0.25) is 0 Å². The lowest BCUT2D eigenvalue weighted by Gasteiger charge is -2.33. The van der Waals surface area contributed by atoms with Crippen molar-refractivity contribution in [1.82, 2.24) is 14.5 Å². The Balaban J connectivity index is 1.61. The normalized spacial score (nSPS) is 16.9. The maximum absolute atomic E-state index is 13.5. The average molecular weight is 506 g/mol. The van der Waals surface area contributed by atoms with Crippen LogP contribution in [0.4, 0.5) is 19.0 Å². The third kappa shape index (κ3) is 4.59. The van der Waals surface area contributed by atoms with Gasteiger partial charge in [0, 0.05) is 12.1 Å². The highest BCUT2D eigenvalue weighted by Crippen LogP contribution is 2.35. The Morgan fingerprint density at radius 2 is 1.76 bits per heavy atom. The predicted octanol–water partition coefficient (Wildman–Crippen LogP) is 5.03. The lowest BCUT2D eigenvalue weighted by Crippen LogP contribution is -2.50. The summed E-state index contributed by atoms with van der Waals surface area (Å²) in [5.41, 5.74) is 0.997. The van der Waals surface area contributed by atoms with E-state index >= 15 is 0 Å². The molecule has 1 aromatic heterocycles. The molecule has 0 bridgehead atoms. The fourth-order valence-electron chi connectivity index (χ4n) is 4.53. The number of hydrogen-bond donors (Lipinski definition) is 0. The number of amides is 1. The first-order chi connectivity index (χ1) is 17.7. The number of fused-ring (bicyclic) bond motifs is 3. The highest BCUT2D eigenvalue weighted by molar-refractivity contribution is 6.18. The highest BCUT2D eigenvalue weighted by atomic mass is 19.4. The Labute approximate surface area is 213 Å². The van der Waals surface area contributed by atoms with E-state index < -0.39 is 11.7 Å². The van der Waals surface area contributed by atoms with Gasteiger partial charge in [0.1, 0.15) is 5.82 Å². The van der Waals surface area contributed by atoms with E-state index in [9.17, 15) is 18.0 Å². The summed E-state index contributed by atoms with van der Waals surface area (Å²) >= 11 is 0. The lowest BCUT2D eigenvalue weighted by atomic mass is 10.1. The molecule has 37 heavy (non-hydrogen) atoms. The number of hydrogen-bond acceptors (Lipinski definition) is 4. The van der Waals surface area contributed by atoms with Crippen molar-refractivity contribution in [1.29, 1.82) is 0 Å². The number of guanidine groups is 1. The van der Waals surface area contributed by atoms with Gasteiger partial charge in [-0.25, -0.2) is 9.98 Å². The summed E-state index contributed by atoms with van der Waals surface area (Å²) in [6, 6.07) is 14.5. The number of carbonyl (C=O) groups excluding carboxylic acids is 1. The summed E-state index contributed by atoms with van der Waals surface area (Å²) in [4.78, 5) is 26.7. The number of carbonyl (C=O) groups is 1. The fraction of sp³-hybridized carbons (Fsp3) is 0.321. The Bertz CT molecular complexity index is 1410. The van der Waals surface area contributed by atoms with Gasteiger partial charge in [-0.3, -0.25) is 19.2 Å². The Kier molecular flexibility index (Phi) is 6.28. The van der Waals surface area contributed by atoms with E-state index in [1.165, 1.54) is 12.1 Å². The van der Waals surface area contributed by atoms with Gasteiger partial charge in [-0.05, 0) is 48.6 Å². The number of rotatable bonds is 4. The van der Waals surface area contributed by atoms with Crippen molar-refractivity contribution in [3.63, 3.8) is 0 Å². The number of benzene rings is 2. The standard InChI is InChI=1S/C28H26F3N5O/c1-4-34-26(37)24-25(36-17-22(18(2)3)32-27(34)36)35(16-20-8-6-5-7-9-20)23(33-24)15-12-19-10-13-21(14-11-19)28(29,30)31/h5-11,13-14,18,22H,4,16-17H2,1-3H3/t22-/m0/s1. The summed E-state index contributed by atoms with van der Waals surface area (Å²) in [6.07, 6.45) is -4.41. The van der Waals surface area contributed by atoms with E-state index in [1.807, 2.05) is 46.7 Å². The first kappa shape index (κ1) is 24.6. The minimum absolute atomic E-state index is 0.0320. The summed E-state index contributed by atoms with van der Waals surface area (Å²) in [6.45, 7) is 7.61. The molecule has 1 amide bonds. The van der Waals surface area contributed by atoms with E-state index in [1.54, 1.807) is 4.90 Å². The van der Waals surface area contributed by atoms with Crippen LogP contribution in [0.1, 0.15) is 53.8 Å². The molecule has 0 unspecified atom stereocenters. The molecule has 2 aliphatic heterocycles. The molecule has 0 N–H and O–H groups in total. The number of imidazole rings is 1. The van der Waals surface area contributed by atoms with Crippen LogP contribution in [-0.2, 0) is 12.7 Å². The first-order valence-electron chi connectivity index (χ1n) is 12.2.